The molecule has 4 N–H and O–H groups in total. The summed E-state index contributed by atoms with van der Waals surface area (Å²) >= 11 is 1.77. The number of amides is 2. The number of methoxy groups -OCH3 is 1. The van der Waals surface area contributed by atoms with Crippen LogP contribution < -0.4 is 16.0 Å². The fourth-order valence-corrected chi connectivity index (χ4v) is 5.13. The van der Waals surface area contributed by atoms with Crippen molar-refractivity contribution >= 4 is 54.6 Å². The Bertz CT molecular complexity index is 964. The van der Waals surface area contributed by atoms with Crippen LogP contribution in [0.25, 0.3) is 0 Å². The number of anilines is 1. The highest BCUT2D eigenvalue weighted by atomic mass is 127. The van der Waals surface area contributed by atoms with Gasteiger partial charge < -0.3 is 30.8 Å². The van der Waals surface area contributed by atoms with Gasteiger partial charge in [0.15, 0.2) is 11.6 Å². The van der Waals surface area contributed by atoms with Gasteiger partial charge in [-0.2, -0.15) is 0 Å². The molecule has 0 fully saturated rings. The van der Waals surface area contributed by atoms with Crippen molar-refractivity contribution < 1.29 is 27.8 Å². The van der Waals surface area contributed by atoms with E-state index in [0.29, 0.717) is 40.7 Å². The Morgan fingerprint density at radius 2 is 1.91 bits per heavy atom. The summed E-state index contributed by atoms with van der Waals surface area (Å²) in [5.41, 5.74) is -0.841. The van der Waals surface area contributed by atoms with Crippen LogP contribution in [0.5, 0.6) is 0 Å². The molecule has 8 nitrogen and oxygen atoms in total. The number of ether oxygens (including phenoxy) is 2. The maximum Gasteiger partial charge on any atom is 0.320 e. The number of benzene rings is 1. The molecule has 1 atom stereocenters. The van der Waals surface area contributed by atoms with Gasteiger partial charge in [0.1, 0.15) is 12.4 Å². The lowest BCUT2D eigenvalue weighted by molar-refractivity contribution is -0.141. The molecule has 0 aliphatic heterocycles. The average Bonchev–Trinajstić information content (AvgIpc) is 2.75. The number of urea groups is 1. The third kappa shape index (κ3) is 8.53. The van der Waals surface area contributed by atoms with Crippen LogP contribution in [0, 0.1) is 20.6 Å². The molecule has 1 aliphatic rings. The average molecular weight is 623 g/mol. The van der Waals surface area contributed by atoms with Crippen molar-refractivity contribution in [3.8, 4) is 0 Å². The van der Waals surface area contributed by atoms with Crippen LogP contribution in [-0.4, -0.2) is 52.3 Å². The molecule has 2 amide bonds. The van der Waals surface area contributed by atoms with E-state index in [4.69, 9.17) is 14.9 Å². The summed E-state index contributed by atoms with van der Waals surface area (Å²) in [6.45, 7) is 7.60. The van der Waals surface area contributed by atoms with Crippen molar-refractivity contribution in [3.63, 3.8) is 0 Å². The first-order valence-corrected chi connectivity index (χ1v) is 16.1. The summed E-state index contributed by atoms with van der Waals surface area (Å²) < 4.78 is 39.4. The molecular formula is C23H33F2IN4O4Si. The second kappa shape index (κ2) is 12.8. The van der Waals surface area contributed by atoms with Gasteiger partial charge in [0.25, 0.3) is 0 Å². The van der Waals surface area contributed by atoms with E-state index in [1.807, 2.05) is 0 Å². The molecule has 0 saturated heterocycles. The first-order chi connectivity index (χ1) is 16.4. The van der Waals surface area contributed by atoms with E-state index in [-0.39, 0.29) is 13.2 Å². The summed E-state index contributed by atoms with van der Waals surface area (Å²) in [6.07, 6.45) is 2.35. The highest BCUT2D eigenvalue weighted by Gasteiger charge is 2.42. The highest BCUT2D eigenvalue weighted by molar-refractivity contribution is 14.1. The Morgan fingerprint density at radius 3 is 2.49 bits per heavy atom. The lowest BCUT2D eigenvalue weighted by Gasteiger charge is -2.39. The number of esters is 1. The lowest BCUT2D eigenvalue weighted by Crippen LogP contribution is -2.55. The van der Waals surface area contributed by atoms with Gasteiger partial charge in [0.2, 0.25) is 0 Å². The molecule has 0 bridgehead atoms. The Labute approximate surface area is 219 Å². The van der Waals surface area contributed by atoms with Crippen molar-refractivity contribution in [3.05, 3.63) is 38.6 Å². The van der Waals surface area contributed by atoms with Gasteiger partial charge >= 0.3 is 12.0 Å². The topological polar surface area (TPSA) is 113 Å². The van der Waals surface area contributed by atoms with Crippen molar-refractivity contribution in [2.75, 3.05) is 25.8 Å². The highest BCUT2D eigenvalue weighted by Crippen LogP contribution is 2.35. The number of carbonyl (C=O) groups is 2. The third-order valence-corrected chi connectivity index (χ3v) is 8.00. The van der Waals surface area contributed by atoms with Gasteiger partial charge in [0.05, 0.1) is 19.1 Å². The normalized spacial score (nSPS) is 18.1. The van der Waals surface area contributed by atoms with E-state index in [2.05, 4.69) is 35.6 Å². The smallest absolute Gasteiger partial charge is 0.320 e. The molecule has 194 valence electrons. The predicted octanol–water partition coefficient (Wildman–Crippen LogP) is 4.98. The number of allylic oxidation sites excluding steroid dienone is 1. The van der Waals surface area contributed by atoms with Gasteiger partial charge in [-0.25, -0.2) is 13.6 Å². The van der Waals surface area contributed by atoms with Crippen LogP contribution in [0.2, 0.25) is 25.7 Å². The molecule has 0 aromatic heterocycles. The standard InChI is InChI=1S/C23H33F2IN4O4Si/c1-33-20(31)12-23(30-22(32)29-21-17(24)10-15(26)11-18(21)25)7-5-6-19(16(23)13-27)28-14-34-8-9-35(2,3)4/h10-11,13,27-28H,5-9,12,14H2,1-4H3,(H2,29,30,32)/t23-/m0/s1. The summed E-state index contributed by atoms with van der Waals surface area (Å²) in [4.78, 5) is 25.1. The van der Waals surface area contributed by atoms with E-state index in [1.165, 1.54) is 7.11 Å². The number of carbonyl (C=O) groups excluding carboxylic acids is 2. The first kappa shape index (κ1) is 29.2. The number of hydrogen-bond acceptors (Lipinski definition) is 6. The first-order valence-electron chi connectivity index (χ1n) is 11.3. The van der Waals surface area contributed by atoms with Gasteiger partial charge in [-0.1, -0.05) is 19.6 Å². The molecular weight excluding hydrogens is 589 g/mol. The lowest BCUT2D eigenvalue weighted by atomic mass is 9.76. The Balaban J connectivity index is 2.26. The fraction of sp³-hybridized carbons (Fsp3) is 0.522. The van der Waals surface area contributed by atoms with E-state index < -0.39 is 42.9 Å². The molecule has 0 spiro atoms. The number of halogens is 3. The molecule has 1 aliphatic carbocycles. The van der Waals surface area contributed by atoms with Gasteiger partial charge in [-0.05, 0) is 60.0 Å². The fourth-order valence-electron chi connectivity index (χ4n) is 3.82. The van der Waals surface area contributed by atoms with Gasteiger partial charge in [-0.15, -0.1) is 0 Å². The molecule has 0 saturated carbocycles. The zero-order valence-corrected chi connectivity index (χ0v) is 23.6. The quantitative estimate of drug-likeness (QED) is 0.0695. The van der Waals surface area contributed by atoms with Crippen LogP contribution in [0.1, 0.15) is 25.7 Å². The number of rotatable bonds is 11. The van der Waals surface area contributed by atoms with Crippen LogP contribution in [0.15, 0.2) is 23.4 Å². The van der Waals surface area contributed by atoms with E-state index in [1.54, 1.807) is 22.6 Å². The molecule has 2 rings (SSSR count). The second-order valence-corrected chi connectivity index (χ2v) is 16.5. The summed E-state index contributed by atoms with van der Waals surface area (Å²) in [7, 11) is -0.00469. The van der Waals surface area contributed by atoms with Crippen LogP contribution in [0.3, 0.4) is 0 Å². The maximum absolute atomic E-state index is 14.3. The molecule has 0 radical (unpaired) electrons. The van der Waals surface area contributed by atoms with Crippen molar-refractivity contribution in [2.24, 2.45) is 0 Å². The third-order valence-electron chi connectivity index (χ3n) is 5.67. The largest absolute Gasteiger partial charge is 0.469 e. The summed E-state index contributed by atoms with van der Waals surface area (Å²) in [6, 6.07) is 2.29. The predicted molar refractivity (Wildman–Crippen MR) is 142 cm³/mol. The van der Waals surface area contributed by atoms with Crippen LogP contribution in [-0.2, 0) is 14.3 Å². The minimum absolute atomic E-state index is 0.219. The Kier molecular flexibility index (Phi) is 10.6. The van der Waals surface area contributed by atoms with Crippen molar-refractivity contribution in [1.29, 1.82) is 5.41 Å². The molecule has 1 aromatic carbocycles. The van der Waals surface area contributed by atoms with Gasteiger partial charge in [0, 0.05) is 35.7 Å². The number of hydrogen-bond donors (Lipinski definition) is 4. The second-order valence-electron chi connectivity index (χ2n) is 9.59. The summed E-state index contributed by atoms with van der Waals surface area (Å²) in [5.74, 6) is -2.43. The Hall–Kier alpha value is -2.06. The molecule has 0 heterocycles. The van der Waals surface area contributed by atoms with Crippen LogP contribution in [0.4, 0.5) is 19.3 Å². The van der Waals surface area contributed by atoms with E-state index in [9.17, 15) is 18.4 Å². The minimum Gasteiger partial charge on any atom is -0.469 e. The number of nitrogens with one attached hydrogen (secondary N) is 4. The zero-order chi connectivity index (χ0) is 26.2. The van der Waals surface area contributed by atoms with E-state index >= 15 is 0 Å². The molecule has 1 aromatic rings. The SMILES string of the molecule is COC(=O)C[C@@]1(NC(=O)Nc2c(F)cc(I)cc2F)CCCC(NCOCC[Si](C)(C)C)=C1C=N. The van der Waals surface area contributed by atoms with Crippen molar-refractivity contribution in [1.82, 2.24) is 10.6 Å². The van der Waals surface area contributed by atoms with Gasteiger partial charge in [-0.3, -0.25) is 4.79 Å². The molecule has 35 heavy (non-hydrogen) atoms. The molecule has 0 unspecified atom stereocenters. The zero-order valence-electron chi connectivity index (χ0n) is 20.4. The minimum atomic E-state index is -1.30. The molecule has 12 heteroatoms. The maximum atomic E-state index is 14.3. The van der Waals surface area contributed by atoms with E-state index in [0.717, 1.165) is 24.4 Å². The Morgan fingerprint density at radius 1 is 1.26 bits per heavy atom. The van der Waals surface area contributed by atoms with Crippen molar-refractivity contribution in [2.45, 2.75) is 56.9 Å². The monoisotopic (exact) mass is 622 g/mol. The summed E-state index contributed by atoms with van der Waals surface area (Å²) in [5, 5.41) is 16.1. The van der Waals surface area contributed by atoms with Crippen LogP contribution >= 0.6 is 22.6 Å².